The summed E-state index contributed by atoms with van der Waals surface area (Å²) >= 11 is 1.83. The van der Waals surface area contributed by atoms with E-state index in [2.05, 4.69) is 37.9 Å². The molecule has 3 heteroatoms. The number of hydrogen-bond acceptors (Lipinski definition) is 3. The second-order valence-corrected chi connectivity index (χ2v) is 5.54. The van der Waals surface area contributed by atoms with Gasteiger partial charge in [0, 0.05) is 29.4 Å². The van der Waals surface area contributed by atoms with Gasteiger partial charge in [-0.25, -0.2) is 0 Å². The summed E-state index contributed by atoms with van der Waals surface area (Å²) in [7, 11) is 2.19. The van der Waals surface area contributed by atoms with Gasteiger partial charge in [-0.2, -0.15) is 0 Å². The fourth-order valence-corrected chi connectivity index (χ4v) is 2.59. The van der Waals surface area contributed by atoms with E-state index < -0.39 is 0 Å². The highest BCUT2D eigenvalue weighted by Gasteiger charge is 2.06. The van der Waals surface area contributed by atoms with Crippen molar-refractivity contribution in [2.24, 2.45) is 11.7 Å². The topological polar surface area (TPSA) is 29.3 Å². The molecule has 1 aromatic heterocycles. The van der Waals surface area contributed by atoms with Gasteiger partial charge in [-0.3, -0.25) is 0 Å². The first-order chi connectivity index (χ1) is 7.15. The van der Waals surface area contributed by atoms with E-state index in [0.29, 0.717) is 6.54 Å². The van der Waals surface area contributed by atoms with Gasteiger partial charge in [-0.05, 0) is 25.1 Å². The Hall–Kier alpha value is -0.380. The molecule has 0 saturated carbocycles. The standard InChI is InChI=1S/C12H22N2S/c1-4-10(2)8-14(3)9-12-6-5-11(7-13)15-12/h5-6,10H,4,7-9,13H2,1-3H3. The Balaban J connectivity index is 2.40. The van der Waals surface area contributed by atoms with Gasteiger partial charge < -0.3 is 10.6 Å². The van der Waals surface area contributed by atoms with Gasteiger partial charge in [-0.15, -0.1) is 11.3 Å². The molecule has 0 bridgehead atoms. The van der Waals surface area contributed by atoms with Gasteiger partial charge in [0.15, 0.2) is 0 Å². The van der Waals surface area contributed by atoms with E-state index in [1.165, 1.54) is 22.7 Å². The molecule has 2 nitrogen and oxygen atoms in total. The lowest BCUT2D eigenvalue weighted by molar-refractivity contribution is 0.277. The van der Waals surface area contributed by atoms with Gasteiger partial charge in [0.25, 0.3) is 0 Å². The lowest BCUT2D eigenvalue weighted by Gasteiger charge is -2.19. The minimum atomic E-state index is 0.666. The van der Waals surface area contributed by atoms with E-state index in [9.17, 15) is 0 Å². The maximum atomic E-state index is 5.59. The molecule has 0 aliphatic heterocycles. The molecule has 2 N–H and O–H groups in total. The average molecular weight is 226 g/mol. The Bertz CT molecular complexity index is 283. The third-order valence-corrected chi connectivity index (χ3v) is 3.76. The Morgan fingerprint density at radius 1 is 1.40 bits per heavy atom. The molecule has 1 atom stereocenters. The second-order valence-electron chi connectivity index (χ2n) is 4.28. The largest absolute Gasteiger partial charge is 0.326 e. The molecule has 1 unspecified atom stereocenters. The number of nitrogens with two attached hydrogens (primary N) is 1. The minimum absolute atomic E-state index is 0.666. The van der Waals surface area contributed by atoms with Crippen molar-refractivity contribution in [2.75, 3.05) is 13.6 Å². The van der Waals surface area contributed by atoms with Crippen molar-refractivity contribution in [3.63, 3.8) is 0 Å². The van der Waals surface area contributed by atoms with Crippen molar-refractivity contribution in [3.8, 4) is 0 Å². The first-order valence-corrected chi connectivity index (χ1v) is 6.43. The van der Waals surface area contributed by atoms with Crippen LogP contribution in [-0.2, 0) is 13.1 Å². The van der Waals surface area contributed by atoms with Crippen molar-refractivity contribution in [1.82, 2.24) is 4.90 Å². The first kappa shape index (κ1) is 12.7. The van der Waals surface area contributed by atoms with Crippen LogP contribution in [0.25, 0.3) is 0 Å². The van der Waals surface area contributed by atoms with Gasteiger partial charge in [0.1, 0.15) is 0 Å². The van der Waals surface area contributed by atoms with Crippen LogP contribution in [0.2, 0.25) is 0 Å². The maximum Gasteiger partial charge on any atom is 0.0325 e. The molecular formula is C12H22N2S. The van der Waals surface area contributed by atoms with Crippen LogP contribution in [0.1, 0.15) is 30.0 Å². The summed E-state index contributed by atoms with van der Waals surface area (Å²) in [5.41, 5.74) is 5.59. The zero-order valence-corrected chi connectivity index (χ0v) is 10.8. The minimum Gasteiger partial charge on any atom is -0.326 e. The molecule has 1 aromatic rings. The van der Waals surface area contributed by atoms with E-state index in [1.54, 1.807) is 0 Å². The zero-order valence-electron chi connectivity index (χ0n) is 9.99. The van der Waals surface area contributed by atoms with Crippen LogP contribution in [0.5, 0.6) is 0 Å². The number of hydrogen-bond donors (Lipinski definition) is 1. The summed E-state index contributed by atoms with van der Waals surface area (Å²) < 4.78 is 0. The molecule has 15 heavy (non-hydrogen) atoms. The number of rotatable bonds is 6. The molecule has 0 aromatic carbocycles. The summed E-state index contributed by atoms with van der Waals surface area (Å²) in [6, 6.07) is 4.33. The quantitative estimate of drug-likeness (QED) is 0.808. The normalized spacial score (nSPS) is 13.4. The van der Waals surface area contributed by atoms with Gasteiger partial charge >= 0.3 is 0 Å². The molecule has 0 saturated heterocycles. The smallest absolute Gasteiger partial charge is 0.0325 e. The average Bonchev–Trinajstić information content (AvgIpc) is 2.65. The molecule has 1 rings (SSSR count). The highest BCUT2D eigenvalue weighted by molar-refractivity contribution is 7.11. The van der Waals surface area contributed by atoms with E-state index >= 15 is 0 Å². The Kier molecular flexibility index (Phi) is 5.29. The monoisotopic (exact) mass is 226 g/mol. The van der Waals surface area contributed by atoms with Crippen LogP contribution in [0.3, 0.4) is 0 Å². The van der Waals surface area contributed by atoms with E-state index in [-0.39, 0.29) is 0 Å². The zero-order chi connectivity index (χ0) is 11.3. The molecular weight excluding hydrogens is 204 g/mol. The number of thiophene rings is 1. The van der Waals surface area contributed by atoms with E-state index in [0.717, 1.165) is 12.5 Å². The molecule has 0 aliphatic carbocycles. The summed E-state index contributed by atoms with van der Waals surface area (Å²) in [5.74, 6) is 0.781. The first-order valence-electron chi connectivity index (χ1n) is 5.61. The summed E-state index contributed by atoms with van der Waals surface area (Å²) in [4.78, 5) is 5.09. The summed E-state index contributed by atoms with van der Waals surface area (Å²) in [6.07, 6.45) is 1.25. The molecule has 0 fully saturated rings. The van der Waals surface area contributed by atoms with Crippen LogP contribution < -0.4 is 5.73 Å². The lowest BCUT2D eigenvalue weighted by Crippen LogP contribution is -2.23. The lowest BCUT2D eigenvalue weighted by atomic mass is 10.1. The molecule has 0 amide bonds. The van der Waals surface area contributed by atoms with Crippen molar-refractivity contribution < 1.29 is 0 Å². The van der Waals surface area contributed by atoms with Crippen molar-refractivity contribution in [2.45, 2.75) is 33.4 Å². The molecule has 0 aliphatic rings. The van der Waals surface area contributed by atoms with Crippen LogP contribution in [-0.4, -0.2) is 18.5 Å². The summed E-state index contributed by atoms with van der Waals surface area (Å²) in [6.45, 7) is 7.44. The third kappa shape index (κ3) is 4.33. The predicted molar refractivity (Wildman–Crippen MR) is 68.0 cm³/mol. The fourth-order valence-electron chi connectivity index (χ4n) is 1.61. The Morgan fingerprint density at radius 3 is 2.60 bits per heavy atom. The Labute approximate surface area is 97.1 Å². The van der Waals surface area contributed by atoms with Crippen LogP contribution in [0.4, 0.5) is 0 Å². The van der Waals surface area contributed by atoms with E-state index in [1.807, 2.05) is 11.3 Å². The molecule has 0 spiro atoms. The fraction of sp³-hybridized carbons (Fsp3) is 0.667. The predicted octanol–water partition coefficient (Wildman–Crippen LogP) is 2.68. The highest BCUT2D eigenvalue weighted by atomic mass is 32.1. The maximum absolute atomic E-state index is 5.59. The van der Waals surface area contributed by atoms with Crippen molar-refractivity contribution in [1.29, 1.82) is 0 Å². The molecule has 1 heterocycles. The Morgan fingerprint density at radius 2 is 2.07 bits per heavy atom. The molecule has 86 valence electrons. The van der Waals surface area contributed by atoms with Crippen LogP contribution in [0, 0.1) is 5.92 Å². The second kappa shape index (κ2) is 6.26. The van der Waals surface area contributed by atoms with Gasteiger partial charge in [0.05, 0.1) is 0 Å². The van der Waals surface area contributed by atoms with Crippen molar-refractivity contribution >= 4 is 11.3 Å². The number of nitrogens with zero attached hydrogens (tertiary/aromatic N) is 1. The molecule has 0 radical (unpaired) electrons. The van der Waals surface area contributed by atoms with Crippen LogP contribution in [0.15, 0.2) is 12.1 Å². The summed E-state index contributed by atoms with van der Waals surface area (Å²) in [5, 5.41) is 0. The van der Waals surface area contributed by atoms with Crippen molar-refractivity contribution in [3.05, 3.63) is 21.9 Å². The highest BCUT2D eigenvalue weighted by Crippen LogP contribution is 2.17. The third-order valence-electron chi connectivity index (χ3n) is 2.66. The van der Waals surface area contributed by atoms with Gasteiger partial charge in [-0.1, -0.05) is 20.3 Å². The van der Waals surface area contributed by atoms with Gasteiger partial charge in [0.2, 0.25) is 0 Å². The van der Waals surface area contributed by atoms with E-state index in [4.69, 9.17) is 5.73 Å². The van der Waals surface area contributed by atoms with Crippen LogP contribution >= 0.6 is 11.3 Å². The SMILES string of the molecule is CCC(C)CN(C)Cc1ccc(CN)s1.